The number of fused-ring (bicyclic) bond motifs is 1. The number of rotatable bonds is 5. The summed E-state index contributed by atoms with van der Waals surface area (Å²) >= 11 is 5.21. The number of amides is 1. The average Bonchev–Trinajstić information content (AvgIpc) is 3.11. The number of carbonyl (C=O) groups is 1. The molecule has 0 saturated heterocycles. The van der Waals surface area contributed by atoms with Crippen LogP contribution in [-0.2, 0) is 20.0 Å². The molecule has 2 heterocycles. The lowest BCUT2D eigenvalue weighted by molar-refractivity contribution is -0.0812. The second-order valence-corrected chi connectivity index (χ2v) is 13.1. The number of aromatic nitrogens is 3. The first-order valence-corrected chi connectivity index (χ1v) is 13.1. The molecule has 11 heteroatoms. The summed E-state index contributed by atoms with van der Waals surface area (Å²) < 4.78 is 30.5. The molecule has 2 aromatic heterocycles. The highest BCUT2D eigenvalue weighted by Crippen LogP contribution is 2.68. The van der Waals surface area contributed by atoms with E-state index in [2.05, 4.69) is 37.5 Å². The maximum Gasteiger partial charge on any atom is 0.309 e. The molecule has 3 aromatic rings. The smallest absolute Gasteiger partial charge is 0.309 e. The minimum atomic E-state index is -3.37. The maximum absolute atomic E-state index is 12.6. The third kappa shape index (κ3) is 2.51. The Bertz CT molecular complexity index is 1320. The first kappa shape index (κ1) is 18.9. The topological polar surface area (TPSA) is 115 Å². The van der Waals surface area contributed by atoms with Crippen molar-refractivity contribution in [1.82, 2.24) is 20.5 Å². The van der Waals surface area contributed by atoms with Crippen LogP contribution in [0.15, 0.2) is 27.1 Å². The number of thiazole rings is 1. The lowest BCUT2D eigenvalue weighted by Crippen LogP contribution is -2.76. The van der Waals surface area contributed by atoms with E-state index in [1.54, 1.807) is 11.3 Å². The summed E-state index contributed by atoms with van der Waals surface area (Å²) in [5.41, 5.74) is 0.773. The van der Waals surface area contributed by atoms with E-state index in [9.17, 15) is 13.2 Å². The van der Waals surface area contributed by atoms with E-state index in [0.29, 0.717) is 12.8 Å². The van der Waals surface area contributed by atoms with Crippen LogP contribution in [-0.4, -0.2) is 41.3 Å². The van der Waals surface area contributed by atoms with Gasteiger partial charge in [-0.3, -0.25) is 4.79 Å². The Balaban J connectivity index is 1.16. The van der Waals surface area contributed by atoms with Crippen LogP contribution >= 0.6 is 27.3 Å². The molecule has 0 aliphatic heterocycles. The van der Waals surface area contributed by atoms with E-state index in [-0.39, 0.29) is 22.7 Å². The van der Waals surface area contributed by atoms with Gasteiger partial charge in [-0.2, -0.15) is 0 Å². The van der Waals surface area contributed by atoms with Gasteiger partial charge in [-0.15, -0.1) is 21.5 Å². The fourth-order valence-corrected chi connectivity index (χ4v) is 7.87. The van der Waals surface area contributed by atoms with Gasteiger partial charge in [-0.05, 0) is 50.3 Å². The number of nitrogens with zero attached hydrogens (tertiary/aromatic N) is 3. The number of hydrogen-bond acceptors (Lipinski definition) is 8. The van der Waals surface area contributed by atoms with Crippen molar-refractivity contribution in [2.75, 3.05) is 6.26 Å². The average molecular weight is 509 g/mol. The first-order chi connectivity index (χ1) is 14.1. The second kappa shape index (κ2) is 5.68. The van der Waals surface area contributed by atoms with Crippen LogP contribution in [0.5, 0.6) is 0 Å². The molecular formula is C19H17BrN4O4S2. The highest BCUT2D eigenvalue weighted by Gasteiger charge is 2.70. The summed E-state index contributed by atoms with van der Waals surface area (Å²) in [5.74, 6) is -0.604. The first-order valence-electron chi connectivity index (χ1n) is 9.57. The Morgan fingerprint density at radius 2 is 1.97 bits per heavy atom. The van der Waals surface area contributed by atoms with Crippen LogP contribution in [0.1, 0.15) is 53.7 Å². The van der Waals surface area contributed by atoms with Crippen LogP contribution in [0.3, 0.4) is 0 Å². The zero-order chi connectivity index (χ0) is 20.9. The fourth-order valence-electron chi connectivity index (χ4n) is 4.92. The van der Waals surface area contributed by atoms with E-state index < -0.39 is 20.5 Å². The van der Waals surface area contributed by atoms with E-state index >= 15 is 0 Å². The van der Waals surface area contributed by atoms with Gasteiger partial charge in [0.25, 0.3) is 0 Å². The number of benzene rings is 1. The van der Waals surface area contributed by atoms with Crippen LogP contribution in [0.2, 0.25) is 0 Å². The molecule has 0 spiro atoms. The third-order valence-corrected chi connectivity index (χ3v) is 10.4. The minimum Gasteiger partial charge on any atom is -0.415 e. The number of sulfone groups is 1. The number of hydrogen-bond donors (Lipinski definition) is 1. The largest absolute Gasteiger partial charge is 0.415 e. The van der Waals surface area contributed by atoms with Crippen LogP contribution in [0.25, 0.3) is 10.2 Å². The predicted molar refractivity (Wildman–Crippen MR) is 113 cm³/mol. The molecule has 4 saturated carbocycles. The quantitative estimate of drug-likeness (QED) is 0.562. The van der Waals surface area contributed by atoms with Gasteiger partial charge < -0.3 is 9.73 Å². The SMILES string of the molecule is CS(=O)(=O)C1(c2nnc(C(=O)NC34CC(c5nc6ccc(Br)cc6s5)(C3)C4)o2)CC1. The second-order valence-electron chi connectivity index (χ2n) is 8.86. The van der Waals surface area contributed by atoms with Gasteiger partial charge in [0.05, 0.1) is 10.2 Å². The van der Waals surface area contributed by atoms with Gasteiger partial charge in [-0.25, -0.2) is 13.4 Å². The predicted octanol–water partition coefficient (Wildman–Crippen LogP) is 3.08. The monoisotopic (exact) mass is 508 g/mol. The summed E-state index contributed by atoms with van der Waals surface area (Å²) in [6.45, 7) is 0. The summed E-state index contributed by atoms with van der Waals surface area (Å²) in [5, 5.41) is 11.8. The van der Waals surface area contributed by atoms with E-state index in [0.717, 1.165) is 45.2 Å². The zero-order valence-electron chi connectivity index (χ0n) is 15.9. The van der Waals surface area contributed by atoms with E-state index in [1.807, 2.05) is 12.1 Å². The number of halogens is 1. The van der Waals surface area contributed by atoms with Gasteiger partial charge in [0.15, 0.2) is 9.84 Å². The molecule has 8 nitrogen and oxygen atoms in total. The molecule has 0 radical (unpaired) electrons. The molecule has 1 amide bonds. The van der Waals surface area contributed by atoms with Crippen molar-refractivity contribution in [2.24, 2.45) is 0 Å². The van der Waals surface area contributed by atoms with Gasteiger partial charge in [0, 0.05) is 21.7 Å². The lowest BCUT2D eigenvalue weighted by atomic mass is 9.39. The van der Waals surface area contributed by atoms with Crippen molar-refractivity contribution in [3.05, 3.63) is 39.5 Å². The third-order valence-electron chi connectivity index (χ3n) is 6.64. The van der Waals surface area contributed by atoms with Crippen molar-refractivity contribution in [2.45, 2.75) is 47.8 Å². The van der Waals surface area contributed by atoms with Gasteiger partial charge >= 0.3 is 11.8 Å². The highest BCUT2D eigenvalue weighted by atomic mass is 79.9. The van der Waals surface area contributed by atoms with Gasteiger partial charge in [0.1, 0.15) is 9.75 Å². The molecule has 156 valence electrons. The van der Waals surface area contributed by atoms with Gasteiger partial charge in [-0.1, -0.05) is 15.9 Å². The van der Waals surface area contributed by atoms with Crippen molar-refractivity contribution in [3.8, 4) is 0 Å². The molecule has 30 heavy (non-hydrogen) atoms. The Kier molecular flexibility index (Phi) is 3.58. The van der Waals surface area contributed by atoms with E-state index in [1.165, 1.54) is 0 Å². The summed E-state index contributed by atoms with van der Waals surface area (Å²) in [6, 6.07) is 6.08. The minimum absolute atomic E-state index is 0.0184. The Morgan fingerprint density at radius 1 is 1.23 bits per heavy atom. The molecule has 7 rings (SSSR count). The molecule has 0 unspecified atom stereocenters. The van der Waals surface area contributed by atoms with Crippen molar-refractivity contribution in [3.63, 3.8) is 0 Å². The maximum atomic E-state index is 12.6. The Hall–Kier alpha value is -1.85. The normalized spacial score (nSPS) is 28.6. The molecular weight excluding hydrogens is 492 g/mol. The molecule has 2 bridgehead atoms. The Morgan fingerprint density at radius 3 is 2.63 bits per heavy atom. The summed E-state index contributed by atoms with van der Waals surface area (Å²) in [4.78, 5) is 17.4. The van der Waals surface area contributed by atoms with Crippen LogP contribution < -0.4 is 5.32 Å². The summed E-state index contributed by atoms with van der Waals surface area (Å²) in [7, 11) is -3.37. The van der Waals surface area contributed by atoms with Crippen molar-refractivity contribution < 1.29 is 17.6 Å². The molecule has 4 aliphatic rings. The fraction of sp³-hybridized carbons (Fsp3) is 0.474. The Labute approximate surface area is 184 Å². The lowest BCUT2D eigenvalue weighted by Gasteiger charge is -2.69. The molecule has 1 N–H and O–H groups in total. The van der Waals surface area contributed by atoms with Gasteiger partial charge in [0.2, 0.25) is 5.89 Å². The molecule has 4 aliphatic carbocycles. The molecule has 1 aromatic carbocycles. The van der Waals surface area contributed by atoms with Crippen molar-refractivity contribution >= 4 is 53.2 Å². The van der Waals surface area contributed by atoms with Crippen LogP contribution in [0.4, 0.5) is 0 Å². The zero-order valence-corrected chi connectivity index (χ0v) is 19.2. The number of carbonyl (C=O) groups excluding carboxylic acids is 1. The van der Waals surface area contributed by atoms with Crippen LogP contribution in [0, 0.1) is 0 Å². The number of nitrogens with one attached hydrogen (secondary N) is 1. The highest BCUT2D eigenvalue weighted by molar-refractivity contribution is 9.10. The molecule has 0 atom stereocenters. The summed E-state index contributed by atoms with van der Waals surface area (Å²) in [6.07, 6.45) is 4.55. The standard InChI is InChI=1S/C19H17BrN4O4S2/c1-30(26,27)19(4-5-19)15-24-23-14(28-15)13(25)22-18-7-17(8-18,9-18)16-21-11-3-2-10(20)6-12(11)29-16/h2-3,6H,4-5,7-9H2,1H3,(H,22,25). The molecule has 4 fully saturated rings. The van der Waals surface area contributed by atoms with E-state index in [4.69, 9.17) is 9.40 Å². The van der Waals surface area contributed by atoms with Crippen molar-refractivity contribution in [1.29, 1.82) is 0 Å².